The molecule has 0 atom stereocenters. The van der Waals surface area contributed by atoms with E-state index in [2.05, 4.69) is 4.98 Å². The van der Waals surface area contributed by atoms with E-state index in [4.69, 9.17) is 16.3 Å². The molecule has 1 heterocycles. The second kappa shape index (κ2) is 8.72. The number of benzene rings is 2. The molecule has 28 heavy (non-hydrogen) atoms. The predicted octanol–water partition coefficient (Wildman–Crippen LogP) is 4.78. The average Bonchev–Trinajstić information content (AvgIpc) is 2.69. The van der Waals surface area contributed by atoms with Gasteiger partial charge in [-0.1, -0.05) is 47.5 Å². The Bertz CT molecular complexity index is 1040. The molecule has 0 N–H and O–H groups in total. The van der Waals surface area contributed by atoms with Crippen LogP contribution in [0, 0.1) is 0 Å². The van der Waals surface area contributed by atoms with Crippen LogP contribution < -0.4 is 9.84 Å². The first-order valence-electron chi connectivity index (χ1n) is 8.79. The van der Waals surface area contributed by atoms with Gasteiger partial charge in [0.1, 0.15) is 12.4 Å². The van der Waals surface area contributed by atoms with Crippen LogP contribution in [0.4, 0.5) is 0 Å². The number of pyridine rings is 1. The molecule has 0 aliphatic rings. The van der Waals surface area contributed by atoms with Crippen LogP contribution >= 0.6 is 11.6 Å². The van der Waals surface area contributed by atoms with Crippen molar-refractivity contribution in [2.24, 2.45) is 0 Å². The summed E-state index contributed by atoms with van der Waals surface area (Å²) in [6.07, 6.45) is 2.00. The van der Waals surface area contributed by atoms with Gasteiger partial charge in [0.15, 0.2) is 0 Å². The van der Waals surface area contributed by atoms with Gasteiger partial charge in [0.25, 0.3) is 0 Å². The van der Waals surface area contributed by atoms with Crippen molar-refractivity contribution in [3.8, 4) is 28.1 Å². The Morgan fingerprint density at radius 3 is 2.50 bits per heavy atom. The van der Waals surface area contributed by atoms with Crippen molar-refractivity contribution >= 4 is 17.6 Å². The van der Waals surface area contributed by atoms with Crippen LogP contribution in [-0.4, -0.2) is 17.6 Å². The Labute approximate surface area is 169 Å². The number of halogens is 1. The molecule has 0 saturated heterocycles. The molecular formula is C23H19ClNO3-. The highest BCUT2D eigenvalue weighted by Gasteiger charge is 2.14. The number of ether oxygens (including phenoxy) is 1. The molecule has 5 heteroatoms. The Hall–Kier alpha value is -3.11. The van der Waals surface area contributed by atoms with Crippen molar-refractivity contribution in [1.82, 2.24) is 4.98 Å². The standard InChI is InChI=1S/C23H20ClNO3/c1-15(2)12-13-28-22-11-10-16(24)14-19(22)17-6-3-4-7-18(17)20-8-5-9-21(25-20)23(26)27/h3-12,14H,13H2,1-2H3,(H,26,27)/p-1. The number of aromatic nitrogens is 1. The monoisotopic (exact) mass is 392 g/mol. The zero-order chi connectivity index (χ0) is 20.1. The Morgan fingerprint density at radius 1 is 1.04 bits per heavy atom. The number of carboxylic acids is 1. The maximum Gasteiger partial charge on any atom is 0.127 e. The van der Waals surface area contributed by atoms with E-state index in [9.17, 15) is 9.90 Å². The second-order valence-corrected chi connectivity index (χ2v) is 6.91. The van der Waals surface area contributed by atoms with Gasteiger partial charge in [-0.3, -0.25) is 0 Å². The predicted molar refractivity (Wildman–Crippen MR) is 109 cm³/mol. The van der Waals surface area contributed by atoms with Gasteiger partial charge in [0, 0.05) is 16.1 Å². The van der Waals surface area contributed by atoms with Gasteiger partial charge >= 0.3 is 0 Å². The van der Waals surface area contributed by atoms with Crippen LogP contribution in [0.2, 0.25) is 5.02 Å². The van der Waals surface area contributed by atoms with Gasteiger partial charge in [0.05, 0.1) is 17.4 Å². The molecular weight excluding hydrogens is 374 g/mol. The number of rotatable bonds is 6. The number of hydrogen-bond acceptors (Lipinski definition) is 4. The number of hydrogen-bond donors (Lipinski definition) is 0. The molecule has 0 amide bonds. The number of aromatic carboxylic acids is 1. The van der Waals surface area contributed by atoms with E-state index < -0.39 is 5.97 Å². The summed E-state index contributed by atoms with van der Waals surface area (Å²) in [4.78, 5) is 15.4. The molecule has 0 bridgehead atoms. The van der Waals surface area contributed by atoms with Gasteiger partial charge < -0.3 is 14.6 Å². The third-order valence-corrected chi connectivity index (χ3v) is 4.36. The number of allylic oxidation sites excluding steroid dienone is 1. The lowest BCUT2D eigenvalue weighted by atomic mass is 9.96. The van der Waals surface area contributed by atoms with Gasteiger partial charge in [-0.25, -0.2) is 4.98 Å². The third kappa shape index (κ3) is 4.59. The summed E-state index contributed by atoms with van der Waals surface area (Å²) >= 11 is 6.25. The molecule has 2 aromatic carbocycles. The van der Waals surface area contributed by atoms with Crippen LogP contribution in [-0.2, 0) is 0 Å². The first-order valence-corrected chi connectivity index (χ1v) is 9.17. The maximum absolute atomic E-state index is 11.2. The second-order valence-electron chi connectivity index (χ2n) is 6.47. The van der Waals surface area contributed by atoms with Crippen molar-refractivity contribution in [3.63, 3.8) is 0 Å². The highest BCUT2D eigenvalue weighted by molar-refractivity contribution is 6.31. The maximum atomic E-state index is 11.2. The SMILES string of the molecule is CC(C)=CCOc1ccc(Cl)cc1-c1ccccc1-c1cccc(C(=O)[O-])n1. The topological polar surface area (TPSA) is 62.2 Å². The van der Waals surface area contributed by atoms with Crippen molar-refractivity contribution in [2.75, 3.05) is 6.61 Å². The molecule has 1 aromatic heterocycles. The van der Waals surface area contributed by atoms with Crippen LogP contribution in [0.25, 0.3) is 22.4 Å². The van der Waals surface area contributed by atoms with Crippen molar-refractivity contribution in [3.05, 3.63) is 83.0 Å². The molecule has 0 fully saturated rings. The summed E-state index contributed by atoms with van der Waals surface area (Å²) in [6, 6.07) is 17.9. The molecule has 0 aliphatic carbocycles. The lowest BCUT2D eigenvalue weighted by Crippen LogP contribution is -2.23. The lowest BCUT2D eigenvalue weighted by Gasteiger charge is -2.15. The molecule has 3 aromatic rings. The van der Waals surface area contributed by atoms with E-state index in [1.807, 2.05) is 56.3 Å². The molecule has 0 aliphatic heterocycles. The highest BCUT2D eigenvalue weighted by Crippen LogP contribution is 2.38. The summed E-state index contributed by atoms with van der Waals surface area (Å²) in [6.45, 7) is 4.46. The van der Waals surface area contributed by atoms with Gasteiger partial charge in [-0.2, -0.15) is 0 Å². The first-order chi connectivity index (χ1) is 13.5. The Kier molecular flexibility index (Phi) is 6.12. The minimum atomic E-state index is -1.31. The summed E-state index contributed by atoms with van der Waals surface area (Å²) in [5, 5.41) is 11.8. The summed E-state index contributed by atoms with van der Waals surface area (Å²) < 4.78 is 5.95. The average molecular weight is 393 g/mol. The van der Waals surface area contributed by atoms with E-state index in [0.717, 1.165) is 16.7 Å². The van der Waals surface area contributed by atoms with E-state index in [1.54, 1.807) is 18.2 Å². The molecule has 0 unspecified atom stereocenters. The highest BCUT2D eigenvalue weighted by atomic mass is 35.5. The fourth-order valence-corrected chi connectivity index (χ4v) is 2.95. The molecule has 0 radical (unpaired) electrons. The smallest absolute Gasteiger partial charge is 0.127 e. The Balaban J connectivity index is 2.11. The minimum absolute atomic E-state index is 0.113. The number of carboxylic acid groups (broad SMARTS) is 1. The van der Waals surface area contributed by atoms with Crippen molar-refractivity contribution < 1.29 is 14.6 Å². The minimum Gasteiger partial charge on any atom is -0.543 e. The fourth-order valence-electron chi connectivity index (χ4n) is 2.78. The summed E-state index contributed by atoms with van der Waals surface area (Å²) in [5.74, 6) is -0.627. The zero-order valence-corrected chi connectivity index (χ0v) is 16.4. The van der Waals surface area contributed by atoms with Crippen LogP contribution in [0.5, 0.6) is 5.75 Å². The number of carbonyl (C=O) groups excluding carboxylic acids is 1. The van der Waals surface area contributed by atoms with Crippen molar-refractivity contribution in [2.45, 2.75) is 13.8 Å². The first kappa shape index (κ1) is 19.6. The van der Waals surface area contributed by atoms with Gasteiger partial charge in [0.2, 0.25) is 0 Å². The molecule has 142 valence electrons. The van der Waals surface area contributed by atoms with Gasteiger partial charge in [-0.05, 0) is 55.8 Å². The lowest BCUT2D eigenvalue weighted by molar-refractivity contribution is -0.255. The van der Waals surface area contributed by atoms with E-state index in [0.29, 0.717) is 23.1 Å². The van der Waals surface area contributed by atoms with E-state index in [1.165, 1.54) is 11.6 Å². The van der Waals surface area contributed by atoms with Crippen LogP contribution in [0.3, 0.4) is 0 Å². The molecule has 0 saturated carbocycles. The molecule has 0 spiro atoms. The van der Waals surface area contributed by atoms with Gasteiger partial charge in [-0.15, -0.1) is 0 Å². The largest absolute Gasteiger partial charge is 0.543 e. The number of nitrogens with zero attached hydrogens (tertiary/aromatic N) is 1. The van der Waals surface area contributed by atoms with Crippen LogP contribution in [0.15, 0.2) is 72.3 Å². The Morgan fingerprint density at radius 2 is 1.79 bits per heavy atom. The normalized spacial score (nSPS) is 10.4. The zero-order valence-electron chi connectivity index (χ0n) is 15.6. The fraction of sp³-hybridized carbons (Fsp3) is 0.130. The van der Waals surface area contributed by atoms with E-state index >= 15 is 0 Å². The number of carbonyl (C=O) groups is 1. The quantitative estimate of drug-likeness (QED) is 0.566. The van der Waals surface area contributed by atoms with Crippen molar-refractivity contribution in [1.29, 1.82) is 0 Å². The molecule has 4 nitrogen and oxygen atoms in total. The summed E-state index contributed by atoms with van der Waals surface area (Å²) in [5.41, 5.74) is 4.02. The third-order valence-electron chi connectivity index (χ3n) is 4.12. The molecule has 3 rings (SSSR count). The van der Waals surface area contributed by atoms with E-state index in [-0.39, 0.29) is 5.69 Å². The summed E-state index contributed by atoms with van der Waals surface area (Å²) in [7, 11) is 0. The van der Waals surface area contributed by atoms with Crippen LogP contribution in [0.1, 0.15) is 24.3 Å².